The molecule has 1 amide bonds. The fourth-order valence-electron chi connectivity index (χ4n) is 2.14. The van der Waals surface area contributed by atoms with Gasteiger partial charge in [-0.05, 0) is 31.2 Å². The summed E-state index contributed by atoms with van der Waals surface area (Å²) >= 11 is 4.70. The van der Waals surface area contributed by atoms with E-state index in [9.17, 15) is 9.59 Å². The SMILES string of the molecule is Cc1ccc(C(=O)OCC(=O)Nc2nc(-c3ccc(Br)cc3)cs2)cc1. The summed E-state index contributed by atoms with van der Waals surface area (Å²) < 4.78 is 6.01. The van der Waals surface area contributed by atoms with Crippen molar-refractivity contribution in [2.24, 2.45) is 0 Å². The molecule has 1 N–H and O–H groups in total. The Bertz CT molecular complexity index is 921. The Balaban J connectivity index is 1.54. The number of amides is 1. The van der Waals surface area contributed by atoms with Gasteiger partial charge < -0.3 is 4.74 Å². The van der Waals surface area contributed by atoms with Crippen molar-refractivity contribution in [1.82, 2.24) is 4.98 Å². The highest BCUT2D eigenvalue weighted by Gasteiger charge is 2.12. The molecule has 0 saturated heterocycles. The van der Waals surface area contributed by atoms with Gasteiger partial charge >= 0.3 is 5.97 Å². The first-order valence-electron chi connectivity index (χ1n) is 7.76. The first-order valence-corrected chi connectivity index (χ1v) is 9.43. The number of hydrogen-bond donors (Lipinski definition) is 1. The van der Waals surface area contributed by atoms with Gasteiger partial charge in [-0.3, -0.25) is 10.1 Å². The molecule has 0 aliphatic rings. The number of carbonyl (C=O) groups excluding carboxylic acids is 2. The van der Waals surface area contributed by atoms with Crippen LogP contribution in [0.5, 0.6) is 0 Å². The smallest absolute Gasteiger partial charge is 0.338 e. The Hall–Kier alpha value is -2.51. The van der Waals surface area contributed by atoms with E-state index in [0.717, 1.165) is 21.3 Å². The zero-order chi connectivity index (χ0) is 18.5. The van der Waals surface area contributed by atoms with E-state index < -0.39 is 11.9 Å². The number of hydrogen-bond acceptors (Lipinski definition) is 5. The molecule has 0 unspecified atom stereocenters. The molecule has 3 rings (SSSR count). The molecule has 5 nitrogen and oxygen atoms in total. The highest BCUT2D eigenvalue weighted by molar-refractivity contribution is 9.10. The van der Waals surface area contributed by atoms with Gasteiger partial charge in [0.2, 0.25) is 0 Å². The monoisotopic (exact) mass is 430 g/mol. The van der Waals surface area contributed by atoms with E-state index in [-0.39, 0.29) is 6.61 Å². The molecule has 0 spiro atoms. The maximum atomic E-state index is 12.0. The van der Waals surface area contributed by atoms with Gasteiger partial charge in [0.05, 0.1) is 11.3 Å². The van der Waals surface area contributed by atoms with Gasteiger partial charge in [0.25, 0.3) is 5.91 Å². The van der Waals surface area contributed by atoms with Crippen molar-refractivity contribution in [2.45, 2.75) is 6.92 Å². The van der Waals surface area contributed by atoms with Crippen LogP contribution in [0.1, 0.15) is 15.9 Å². The minimum absolute atomic E-state index is 0.361. The lowest BCUT2D eigenvalue weighted by atomic mass is 10.1. The van der Waals surface area contributed by atoms with E-state index in [1.165, 1.54) is 11.3 Å². The molecule has 0 aliphatic heterocycles. The second-order valence-corrected chi connectivity index (χ2v) is 7.31. The number of nitrogens with one attached hydrogen (secondary N) is 1. The van der Waals surface area contributed by atoms with Crippen molar-refractivity contribution >= 4 is 44.3 Å². The van der Waals surface area contributed by atoms with Gasteiger partial charge in [0.15, 0.2) is 11.7 Å². The van der Waals surface area contributed by atoms with Gasteiger partial charge in [0.1, 0.15) is 0 Å². The fraction of sp³-hybridized carbons (Fsp3) is 0.105. The zero-order valence-electron chi connectivity index (χ0n) is 13.9. The number of benzene rings is 2. The largest absolute Gasteiger partial charge is 0.452 e. The molecule has 0 bridgehead atoms. The van der Waals surface area contributed by atoms with Gasteiger partial charge in [0, 0.05) is 15.4 Å². The second kappa shape index (κ2) is 8.25. The third kappa shape index (κ3) is 4.77. The summed E-state index contributed by atoms with van der Waals surface area (Å²) in [6.45, 7) is 1.57. The summed E-state index contributed by atoms with van der Waals surface area (Å²) in [5.41, 5.74) is 3.19. The van der Waals surface area contributed by atoms with Gasteiger partial charge in [-0.15, -0.1) is 11.3 Å². The molecule has 0 saturated carbocycles. The minimum Gasteiger partial charge on any atom is -0.452 e. The number of thiazole rings is 1. The third-order valence-corrected chi connectivity index (χ3v) is 4.80. The van der Waals surface area contributed by atoms with Gasteiger partial charge in [-0.2, -0.15) is 0 Å². The molecular formula is C19H15BrN2O3S. The molecule has 7 heteroatoms. The van der Waals surface area contributed by atoms with E-state index in [1.807, 2.05) is 48.7 Å². The molecule has 1 heterocycles. The Morgan fingerprint density at radius 2 is 1.81 bits per heavy atom. The van der Waals surface area contributed by atoms with Crippen LogP contribution in [0.3, 0.4) is 0 Å². The number of ether oxygens (including phenoxy) is 1. The Morgan fingerprint density at radius 3 is 2.50 bits per heavy atom. The lowest BCUT2D eigenvalue weighted by Gasteiger charge is -2.05. The van der Waals surface area contributed by atoms with Crippen LogP contribution in [0, 0.1) is 6.92 Å². The van der Waals surface area contributed by atoms with E-state index in [4.69, 9.17) is 4.74 Å². The highest BCUT2D eigenvalue weighted by Crippen LogP contribution is 2.26. The lowest BCUT2D eigenvalue weighted by molar-refractivity contribution is -0.119. The number of aromatic nitrogens is 1. The lowest BCUT2D eigenvalue weighted by Crippen LogP contribution is -2.20. The van der Waals surface area contributed by atoms with Crippen molar-refractivity contribution in [2.75, 3.05) is 11.9 Å². The summed E-state index contributed by atoms with van der Waals surface area (Å²) in [6.07, 6.45) is 0. The summed E-state index contributed by atoms with van der Waals surface area (Å²) in [5, 5.41) is 4.96. The molecule has 0 fully saturated rings. The predicted molar refractivity (Wildman–Crippen MR) is 105 cm³/mol. The van der Waals surface area contributed by atoms with Crippen molar-refractivity contribution in [3.05, 3.63) is 69.5 Å². The van der Waals surface area contributed by atoms with Crippen LogP contribution in [0.15, 0.2) is 58.4 Å². The number of aryl methyl sites for hydroxylation is 1. The van der Waals surface area contributed by atoms with Gasteiger partial charge in [-0.25, -0.2) is 9.78 Å². The zero-order valence-corrected chi connectivity index (χ0v) is 16.3. The van der Waals surface area contributed by atoms with Crippen LogP contribution in [-0.4, -0.2) is 23.5 Å². The molecule has 2 aromatic carbocycles. The summed E-state index contributed by atoms with van der Waals surface area (Å²) in [5.74, 6) is -0.961. The molecule has 0 atom stereocenters. The second-order valence-electron chi connectivity index (χ2n) is 5.54. The standard InChI is InChI=1S/C19H15BrN2O3S/c1-12-2-4-14(5-3-12)18(24)25-10-17(23)22-19-21-16(11-26-19)13-6-8-15(20)9-7-13/h2-9,11H,10H2,1H3,(H,21,22,23). The molecule has 3 aromatic rings. The van der Waals surface area contributed by atoms with E-state index in [0.29, 0.717) is 10.7 Å². The minimum atomic E-state index is -0.533. The summed E-state index contributed by atoms with van der Waals surface area (Å²) in [7, 11) is 0. The van der Waals surface area contributed by atoms with Crippen LogP contribution in [0.25, 0.3) is 11.3 Å². The first kappa shape index (κ1) is 18.3. The van der Waals surface area contributed by atoms with Crippen LogP contribution in [-0.2, 0) is 9.53 Å². The molecule has 26 heavy (non-hydrogen) atoms. The number of esters is 1. The van der Waals surface area contributed by atoms with Crippen LogP contribution in [0.4, 0.5) is 5.13 Å². The highest BCUT2D eigenvalue weighted by atomic mass is 79.9. The topological polar surface area (TPSA) is 68.3 Å². The molecular weight excluding hydrogens is 416 g/mol. The van der Waals surface area contributed by atoms with Gasteiger partial charge in [-0.1, -0.05) is 45.8 Å². The Kier molecular flexibility index (Phi) is 5.80. The van der Waals surface area contributed by atoms with Crippen molar-refractivity contribution < 1.29 is 14.3 Å². The van der Waals surface area contributed by atoms with Crippen molar-refractivity contribution in [3.8, 4) is 11.3 Å². The van der Waals surface area contributed by atoms with Crippen LogP contribution >= 0.6 is 27.3 Å². The number of nitrogens with zero attached hydrogens (tertiary/aromatic N) is 1. The number of anilines is 1. The van der Waals surface area contributed by atoms with E-state index >= 15 is 0 Å². The third-order valence-electron chi connectivity index (χ3n) is 3.51. The number of rotatable bonds is 5. The Labute approximate surface area is 163 Å². The maximum Gasteiger partial charge on any atom is 0.338 e. The summed E-state index contributed by atoms with van der Waals surface area (Å²) in [4.78, 5) is 28.3. The first-order chi connectivity index (χ1) is 12.5. The average molecular weight is 431 g/mol. The number of halogens is 1. The summed E-state index contributed by atoms with van der Waals surface area (Å²) in [6, 6.07) is 14.7. The molecule has 0 aliphatic carbocycles. The average Bonchev–Trinajstić information content (AvgIpc) is 3.09. The quantitative estimate of drug-likeness (QED) is 0.596. The Morgan fingerprint density at radius 1 is 1.12 bits per heavy atom. The van der Waals surface area contributed by atoms with Crippen molar-refractivity contribution in [3.63, 3.8) is 0 Å². The van der Waals surface area contributed by atoms with Crippen molar-refractivity contribution in [1.29, 1.82) is 0 Å². The molecule has 1 aromatic heterocycles. The molecule has 132 valence electrons. The normalized spacial score (nSPS) is 10.4. The van der Waals surface area contributed by atoms with Crippen LogP contribution < -0.4 is 5.32 Å². The number of carbonyl (C=O) groups is 2. The van der Waals surface area contributed by atoms with Crippen LogP contribution in [0.2, 0.25) is 0 Å². The van der Waals surface area contributed by atoms with E-state index in [2.05, 4.69) is 26.2 Å². The fourth-order valence-corrected chi connectivity index (χ4v) is 3.14. The maximum absolute atomic E-state index is 12.0. The predicted octanol–water partition coefficient (Wildman–Crippen LogP) is 4.68. The van der Waals surface area contributed by atoms with E-state index in [1.54, 1.807) is 12.1 Å². The molecule has 0 radical (unpaired) electrons.